The summed E-state index contributed by atoms with van der Waals surface area (Å²) in [6.45, 7) is 2.00. The van der Waals surface area contributed by atoms with E-state index in [4.69, 9.17) is 5.11 Å². The fourth-order valence-electron chi connectivity index (χ4n) is 1.34. The molecule has 0 fully saturated rings. The highest BCUT2D eigenvalue weighted by atomic mass is 32.1. The SMILES string of the molecule is Cc1ccc(-n2ccsc2=NC(=O)O)cc1. The number of hydrogen-bond donors (Lipinski definition) is 1. The lowest BCUT2D eigenvalue weighted by atomic mass is 10.2. The third-order valence-corrected chi connectivity index (χ3v) is 2.85. The summed E-state index contributed by atoms with van der Waals surface area (Å²) in [5.74, 6) is 0. The minimum Gasteiger partial charge on any atom is -0.463 e. The molecule has 1 heterocycles. The molecule has 0 unspecified atom stereocenters. The molecule has 1 aromatic heterocycles. The van der Waals surface area contributed by atoms with Crippen LogP contribution in [0, 0.1) is 6.92 Å². The highest BCUT2D eigenvalue weighted by Crippen LogP contribution is 2.07. The van der Waals surface area contributed by atoms with Gasteiger partial charge in [-0.15, -0.1) is 16.3 Å². The standard InChI is InChI=1S/C11H10N2O2S/c1-8-2-4-9(5-3-8)13-6-7-16-10(13)12-11(14)15/h2-7H,1H3,(H,14,15). The lowest BCUT2D eigenvalue weighted by Crippen LogP contribution is -2.13. The maximum Gasteiger partial charge on any atom is 0.433 e. The van der Waals surface area contributed by atoms with E-state index < -0.39 is 6.09 Å². The van der Waals surface area contributed by atoms with E-state index >= 15 is 0 Å². The van der Waals surface area contributed by atoms with E-state index in [2.05, 4.69) is 4.99 Å². The van der Waals surface area contributed by atoms with Crippen molar-refractivity contribution in [3.05, 3.63) is 46.2 Å². The van der Waals surface area contributed by atoms with E-state index in [0.29, 0.717) is 4.80 Å². The molecule has 0 aliphatic heterocycles. The molecular weight excluding hydrogens is 224 g/mol. The van der Waals surface area contributed by atoms with Gasteiger partial charge in [0.25, 0.3) is 0 Å². The average Bonchev–Trinajstić information content (AvgIpc) is 2.66. The number of carboxylic acid groups (broad SMARTS) is 1. The minimum absolute atomic E-state index is 0.455. The molecule has 1 N–H and O–H groups in total. The minimum atomic E-state index is -1.18. The van der Waals surface area contributed by atoms with Crippen LogP contribution in [0.5, 0.6) is 0 Å². The van der Waals surface area contributed by atoms with Crippen LogP contribution in [0.15, 0.2) is 40.8 Å². The Morgan fingerprint density at radius 1 is 1.38 bits per heavy atom. The predicted molar refractivity (Wildman–Crippen MR) is 62.0 cm³/mol. The van der Waals surface area contributed by atoms with Crippen molar-refractivity contribution in [3.63, 3.8) is 0 Å². The molecule has 0 radical (unpaired) electrons. The summed E-state index contributed by atoms with van der Waals surface area (Å²) in [6, 6.07) is 7.82. The van der Waals surface area contributed by atoms with Crippen LogP contribution in [0.1, 0.15) is 5.56 Å². The van der Waals surface area contributed by atoms with Gasteiger partial charge in [0.1, 0.15) is 0 Å². The molecule has 0 atom stereocenters. The van der Waals surface area contributed by atoms with Crippen LogP contribution in [0.3, 0.4) is 0 Å². The van der Waals surface area contributed by atoms with Gasteiger partial charge in [-0.05, 0) is 19.1 Å². The quantitative estimate of drug-likeness (QED) is 0.823. The Kier molecular flexibility index (Phi) is 2.87. The number of thiazole rings is 1. The Hall–Kier alpha value is -1.88. The molecule has 2 rings (SSSR count). The summed E-state index contributed by atoms with van der Waals surface area (Å²) in [5, 5.41) is 10.4. The highest BCUT2D eigenvalue weighted by Gasteiger charge is 2.00. The van der Waals surface area contributed by atoms with Gasteiger partial charge in [0.05, 0.1) is 0 Å². The van der Waals surface area contributed by atoms with Crippen LogP contribution in [-0.2, 0) is 0 Å². The van der Waals surface area contributed by atoms with E-state index in [1.54, 1.807) is 10.8 Å². The maximum atomic E-state index is 10.5. The van der Waals surface area contributed by atoms with Crippen molar-refractivity contribution in [3.8, 4) is 5.69 Å². The predicted octanol–water partition coefficient (Wildman–Crippen LogP) is 2.43. The number of rotatable bonds is 1. The van der Waals surface area contributed by atoms with E-state index in [0.717, 1.165) is 11.3 Å². The molecule has 0 bridgehead atoms. The molecule has 82 valence electrons. The fraction of sp³-hybridized carbons (Fsp3) is 0.0909. The second-order valence-electron chi connectivity index (χ2n) is 3.29. The summed E-state index contributed by atoms with van der Waals surface area (Å²) in [4.78, 5) is 14.5. The van der Waals surface area contributed by atoms with Gasteiger partial charge in [-0.1, -0.05) is 17.7 Å². The maximum absolute atomic E-state index is 10.5. The number of amides is 1. The molecule has 4 nitrogen and oxygen atoms in total. The first-order valence-corrected chi connectivity index (χ1v) is 5.55. The van der Waals surface area contributed by atoms with Crippen LogP contribution in [0.2, 0.25) is 0 Å². The number of aryl methyl sites for hydroxylation is 1. The second kappa shape index (κ2) is 4.32. The fourth-order valence-corrected chi connectivity index (χ4v) is 2.05. The van der Waals surface area contributed by atoms with Gasteiger partial charge < -0.3 is 5.11 Å². The lowest BCUT2D eigenvalue weighted by molar-refractivity contribution is 0.204. The number of benzene rings is 1. The van der Waals surface area contributed by atoms with Gasteiger partial charge in [0, 0.05) is 17.3 Å². The topological polar surface area (TPSA) is 54.6 Å². The summed E-state index contributed by atoms with van der Waals surface area (Å²) in [6.07, 6.45) is 0.625. The van der Waals surface area contributed by atoms with E-state index in [1.807, 2.05) is 36.6 Å². The Labute approximate surface area is 96.1 Å². The number of aromatic nitrogens is 1. The van der Waals surface area contributed by atoms with Crippen molar-refractivity contribution >= 4 is 17.4 Å². The van der Waals surface area contributed by atoms with Crippen molar-refractivity contribution in [1.29, 1.82) is 0 Å². The molecule has 16 heavy (non-hydrogen) atoms. The zero-order chi connectivity index (χ0) is 11.5. The molecule has 0 aliphatic carbocycles. The van der Waals surface area contributed by atoms with E-state index in [-0.39, 0.29) is 0 Å². The van der Waals surface area contributed by atoms with Crippen molar-refractivity contribution in [2.24, 2.45) is 4.99 Å². The first-order chi connectivity index (χ1) is 7.66. The lowest BCUT2D eigenvalue weighted by Gasteiger charge is -2.02. The molecule has 1 amide bonds. The largest absolute Gasteiger partial charge is 0.463 e. The highest BCUT2D eigenvalue weighted by molar-refractivity contribution is 7.07. The molecule has 0 saturated carbocycles. The van der Waals surface area contributed by atoms with E-state index in [1.165, 1.54) is 11.3 Å². The van der Waals surface area contributed by atoms with E-state index in [9.17, 15) is 4.79 Å². The van der Waals surface area contributed by atoms with Crippen molar-refractivity contribution < 1.29 is 9.90 Å². The first-order valence-electron chi connectivity index (χ1n) is 4.67. The van der Waals surface area contributed by atoms with Crippen LogP contribution < -0.4 is 4.80 Å². The second-order valence-corrected chi connectivity index (χ2v) is 4.16. The molecule has 1 aromatic carbocycles. The summed E-state index contributed by atoms with van der Waals surface area (Å²) in [5.41, 5.74) is 2.07. The van der Waals surface area contributed by atoms with Crippen molar-refractivity contribution in [2.45, 2.75) is 6.92 Å². The summed E-state index contributed by atoms with van der Waals surface area (Å²) in [7, 11) is 0. The molecule has 0 aliphatic rings. The molecule has 0 spiro atoms. The normalized spacial score (nSPS) is 11.7. The van der Waals surface area contributed by atoms with Gasteiger partial charge >= 0.3 is 6.09 Å². The number of nitrogens with zero attached hydrogens (tertiary/aromatic N) is 2. The third kappa shape index (κ3) is 2.20. The molecule has 5 heteroatoms. The first kappa shape index (κ1) is 10.6. The van der Waals surface area contributed by atoms with Crippen LogP contribution in [0.4, 0.5) is 4.79 Å². The third-order valence-electron chi connectivity index (χ3n) is 2.09. The smallest absolute Gasteiger partial charge is 0.433 e. The number of carbonyl (C=O) groups is 1. The molecule has 0 saturated heterocycles. The Morgan fingerprint density at radius 3 is 2.69 bits per heavy atom. The zero-order valence-electron chi connectivity index (χ0n) is 8.62. The Balaban J connectivity index is 2.53. The molecule has 2 aromatic rings. The Morgan fingerprint density at radius 2 is 2.06 bits per heavy atom. The van der Waals surface area contributed by atoms with Crippen LogP contribution in [0.25, 0.3) is 5.69 Å². The van der Waals surface area contributed by atoms with Crippen LogP contribution in [-0.4, -0.2) is 15.8 Å². The van der Waals surface area contributed by atoms with Gasteiger partial charge in [-0.25, -0.2) is 4.79 Å². The summed E-state index contributed by atoms with van der Waals surface area (Å²) < 4.78 is 1.75. The molecular formula is C11H10N2O2S. The Bertz CT molecular complexity index is 566. The van der Waals surface area contributed by atoms with Gasteiger partial charge in [-0.3, -0.25) is 4.57 Å². The van der Waals surface area contributed by atoms with Crippen molar-refractivity contribution in [1.82, 2.24) is 4.57 Å². The van der Waals surface area contributed by atoms with Crippen molar-refractivity contribution in [2.75, 3.05) is 0 Å². The average molecular weight is 234 g/mol. The van der Waals surface area contributed by atoms with Crippen LogP contribution >= 0.6 is 11.3 Å². The van der Waals surface area contributed by atoms with Gasteiger partial charge in [0.15, 0.2) is 0 Å². The monoisotopic (exact) mass is 234 g/mol. The van der Waals surface area contributed by atoms with Gasteiger partial charge in [-0.2, -0.15) is 0 Å². The summed E-state index contributed by atoms with van der Waals surface area (Å²) >= 11 is 1.29. The van der Waals surface area contributed by atoms with Gasteiger partial charge in [0.2, 0.25) is 4.80 Å². The number of hydrogen-bond acceptors (Lipinski definition) is 2. The zero-order valence-corrected chi connectivity index (χ0v) is 9.44.